The number of hydrogen-bond donors (Lipinski definition) is 0. The largest absolute Gasteiger partial charge is 0.493 e. The van der Waals surface area contributed by atoms with E-state index in [4.69, 9.17) is 30.5 Å². The Labute approximate surface area is 176 Å². The normalized spacial score (nSPS) is 16.7. The number of halogens is 1. The van der Waals surface area contributed by atoms with Gasteiger partial charge >= 0.3 is 0 Å². The number of fused-ring (bicyclic) bond motifs is 1. The van der Waals surface area contributed by atoms with Crippen molar-refractivity contribution in [3.63, 3.8) is 0 Å². The van der Waals surface area contributed by atoms with Gasteiger partial charge in [-0.05, 0) is 47.2 Å². The number of nitrogens with zero attached hydrogens (tertiary/aromatic N) is 1. The number of carbonyl (C=O) groups excluding carboxylic acids is 2. The fourth-order valence-corrected chi connectivity index (χ4v) is 4.03. The van der Waals surface area contributed by atoms with E-state index in [1.807, 2.05) is 0 Å². The van der Waals surface area contributed by atoms with Crippen LogP contribution in [0, 0.1) is 0 Å². The number of thioether (sulfide) groups is 1. The minimum absolute atomic E-state index is 0.0451. The highest BCUT2D eigenvalue weighted by Gasteiger charge is 2.35. The first-order valence-corrected chi connectivity index (χ1v) is 9.75. The summed E-state index contributed by atoms with van der Waals surface area (Å²) in [6.45, 7) is 0.161. The number of methoxy groups -OCH3 is 2. The van der Waals surface area contributed by atoms with Crippen LogP contribution in [-0.2, 0) is 11.3 Å². The van der Waals surface area contributed by atoms with Crippen molar-refractivity contribution in [3.05, 3.63) is 51.4 Å². The van der Waals surface area contributed by atoms with Crippen molar-refractivity contribution in [1.29, 1.82) is 0 Å². The lowest BCUT2D eigenvalue weighted by molar-refractivity contribution is -0.123. The minimum Gasteiger partial charge on any atom is -0.493 e. The summed E-state index contributed by atoms with van der Waals surface area (Å²) in [5, 5.41) is 0.0348. The number of carbonyl (C=O) groups is 2. The van der Waals surface area contributed by atoms with Crippen molar-refractivity contribution < 1.29 is 28.5 Å². The molecule has 1 fully saturated rings. The molecule has 0 unspecified atom stereocenters. The molecular formula is C20H16ClNO6S. The topological polar surface area (TPSA) is 74.3 Å². The standard InChI is InChI=1S/C20H16ClNO6S/c1-25-14-4-3-11(5-15(14)26-2)6-18-19(23)22(20(24)29-18)9-12-7-16-17(8-13(12)21)28-10-27-16/h3-8H,9-10H2,1-2H3/b18-6+. The fourth-order valence-electron chi connectivity index (χ4n) is 2.98. The molecule has 2 amide bonds. The van der Waals surface area contributed by atoms with E-state index in [1.54, 1.807) is 43.5 Å². The molecule has 0 bridgehead atoms. The number of rotatable bonds is 5. The maximum Gasteiger partial charge on any atom is 0.293 e. The van der Waals surface area contributed by atoms with Crippen LogP contribution in [0.25, 0.3) is 6.08 Å². The second-order valence-corrected chi connectivity index (χ2v) is 7.58. The Morgan fingerprint density at radius 1 is 1.10 bits per heavy atom. The second-order valence-electron chi connectivity index (χ2n) is 6.18. The molecule has 2 aromatic rings. The lowest BCUT2D eigenvalue weighted by Gasteiger charge is -2.14. The van der Waals surface area contributed by atoms with Crippen LogP contribution in [0.1, 0.15) is 11.1 Å². The monoisotopic (exact) mass is 433 g/mol. The van der Waals surface area contributed by atoms with Crippen LogP contribution in [0.15, 0.2) is 35.2 Å². The highest BCUT2D eigenvalue weighted by Crippen LogP contribution is 2.39. The van der Waals surface area contributed by atoms with Gasteiger partial charge in [0, 0.05) is 11.1 Å². The maximum atomic E-state index is 12.8. The van der Waals surface area contributed by atoms with Crippen molar-refractivity contribution in [2.45, 2.75) is 6.54 Å². The van der Waals surface area contributed by atoms with Crippen LogP contribution in [-0.4, -0.2) is 37.1 Å². The molecule has 9 heteroatoms. The summed E-state index contributed by atoms with van der Waals surface area (Å²) in [6.07, 6.45) is 1.65. The number of ether oxygens (including phenoxy) is 4. The molecule has 0 aromatic heterocycles. The average molecular weight is 434 g/mol. The number of amides is 2. The van der Waals surface area contributed by atoms with Gasteiger partial charge in [0.05, 0.1) is 25.7 Å². The van der Waals surface area contributed by atoms with Gasteiger partial charge in [-0.1, -0.05) is 17.7 Å². The van der Waals surface area contributed by atoms with Gasteiger partial charge in [0.1, 0.15) is 0 Å². The molecule has 2 aromatic carbocycles. The Balaban J connectivity index is 1.57. The molecule has 1 saturated heterocycles. The first-order valence-electron chi connectivity index (χ1n) is 8.55. The van der Waals surface area contributed by atoms with E-state index in [9.17, 15) is 9.59 Å². The van der Waals surface area contributed by atoms with Crippen LogP contribution in [0.5, 0.6) is 23.0 Å². The Hall–Kier alpha value is -2.84. The predicted octanol–water partition coefficient (Wildman–Crippen LogP) is 4.32. The summed E-state index contributed by atoms with van der Waals surface area (Å²) in [4.78, 5) is 26.7. The van der Waals surface area contributed by atoms with Gasteiger partial charge in [-0.2, -0.15) is 0 Å². The van der Waals surface area contributed by atoms with Gasteiger partial charge < -0.3 is 18.9 Å². The van der Waals surface area contributed by atoms with Crippen molar-refractivity contribution >= 4 is 40.6 Å². The van der Waals surface area contributed by atoms with Gasteiger partial charge in [-0.3, -0.25) is 14.5 Å². The van der Waals surface area contributed by atoms with Gasteiger partial charge in [0.15, 0.2) is 23.0 Å². The average Bonchev–Trinajstić information content (AvgIpc) is 3.27. The van der Waals surface area contributed by atoms with Crippen LogP contribution in [0.2, 0.25) is 5.02 Å². The Bertz CT molecular complexity index is 1040. The summed E-state index contributed by atoms with van der Waals surface area (Å²) in [5.41, 5.74) is 1.32. The zero-order chi connectivity index (χ0) is 20.5. The van der Waals surface area contributed by atoms with Crippen LogP contribution in [0.3, 0.4) is 0 Å². The third kappa shape index (κ3) is 3.73. The Morgan fingerprint density at radius 3 is 2.55 bits per heavy atom. The summed E-state index contributed by atoms with van der Waals surface area (Å²) in [7, 11) is 3.08. The first kappa shape index (κ1) is 19.5. The number of benzene rings is 2. The van der Waals surface area contributed by atoms with Crippen molar-refractivity contribution in [3.8, 4) is 23.0 Å². The van der Waals surface area contributed by atoms with Crippen molar-refractivity contribution in [2.75, 3.05) is 21.0 Å². The summed E-state index contributed by atoms with van der Waals surface area (Å²) < 4.78 is 21.1. The maximum absolute atomic E-state index is 12.8. The highest BCUT2D eigenvalue weighted by molar-refractivity contribution is 8.18. The molecular weight excluding hydrogens is 418 g/mol. The number of hydrogen-bond acceptors (Lipinski definition) is 7. The van der Waals surface area contributed by atoms with E-state index in [2.05, 4.69) is 0 Å². The van der Waals surface area contributed by atoms with Crippen molar-refractivity contribution in [2.24, 2.45) is 0 Å². The molecule has 0 atom stereocenters. The molecule has 4 rings (SSSR count). The van der Waals surface area contributed by atoms with Crippen molar-refractivity contribution in [1.82, 2.24) is 4.90 Å². The minimum atomic E-state index is -0.386. The van der Waals surface area contributed by atoms with Crippen LogP contribution < -0.4 is 18.9 Å². The molecule has 7 nitrogen and oxygen atoms in total. The molecule has 2 aliphatic rings. The SMILES string of the molecule is COc1ccc(/C=C2/SC(=O)N(Cc3cc4c(cc3Cl)OCO4)C2=O)cc1OC. The molecule has 2 heterocycles. The Morgan fingerprint density at radius 2 is 1.83 bits per heavy atom. The van der Waals surface area contributed by atoms with E-state index in [-0.39, 0.29) is 24.5 Å². The molecule has 0 radical (unpaired) electrons. The third-order valence-electron chi connectivity index (χ3n) is 4.45. The van der Waals surface area contributed by atoms with E-state index >= 15 is 0 Å². The summed E-state index contributed by atoms with van der Waals surface area (Å²) in [5.74, 6) is 1.81. The lowest BCUT2D eigenvalue weighted by Crippen LogP contribution is -2.27. The lowest BCUT2D eigenvalue weighted by atomic mass is 10.1. The zero-order valence-corrected chi connectivity index (χ0v) is 17.1. The van der Waals surface area contributed by atoms with Gasteiger partial charge in [-0.25, -0.2) is 0 Å². The molecule has 0 N–H and O–H groups in total. The molecule has 0 spiro atoms. The van der Waals surface area contributed by atoms with Crippen LogP contribution in [0.4, 0.5) is 4.79 Å². The zero-order valence-electron chi connectivity index (χ0n) is 15.6. The molecule has 150 valence electrons. The van der Waals surface area contributed by atoms with E-state index in [1.165, 1.54) is 7.11 Å². The number of imide groups is 1. The van der Waals surface area contributed by atoms with Crippen LogP contribution >= 0.6 is 23.4 Å². The van der Waals surface area contributed by atoms with E-state index in [0.717, 1.165) is 16.7 Å². The highest BCUT2D eigenvalue weighted by atomic mass is 35.5. The van der Waals surface area contributed by atoms with Gasteiger partial charge in [0.2, 0.25) is 6.79 Å². The van der Waals surface area contributed by atoms with E-state index in [0.29, 0.717) is 44.1 Å². The predicted molar refractivity (Wildman–Crippen MR) is 109 cm³/mol. The fraction of sp³-hybridized carbons (Fsp3) is 0.200. The first-order chi connectivity index (χ1) is 14.0. The molecule has 0 saturated carbocycles. The summed E-state index contributed by atoms with van der Waals surface area (Å²) >= 11 is 7.16. The second kappa shape index (κ2) is 7.88. The van der Waals surface area contributed by atoms with Gasteiger partial charge in [-0.15, -0.1) is 0 Å². The van der Waals surface area contributed by atoms with E-state index < -0.39 is 0 Å². The molecule has 2 aliphatic heterocycles. The third-order valence-corrected chi connectivity index (χ3v) is 5.71. The Kier molecular flexibility index (Phi) is 5.29. The summed E-state index contributed by atoms with van der Waals surface area (Å²) in [6, 6.07) is 8.57. The molecule has 0 aliphatic carbocycles. The quantitative estimate of drug-likeness (QED) is 0.650. The smallest absolute Gasteiger partial charge is 0.293 e. The molecule has 29 heavy (non-hydrogen) atoms. The van der Waals surface area contributed by atoms with Gasteiger partial charge in [0.25, 0.3) is 11.1 Å².